The lowest BCUT2D eigenvalue weighted by Gasteiger charge is -1.94. The van der Waals surface area contributed by atoms with Crippen LogP contribution in [0, 0.1) is 0 Å². The molecule has 3 N–H and O–H groups in total. The number of imidazole rings is 1. The summed E-state index contributed by atoms with van der Waals surface area (Å²) >= 11 is 0. The average molecular weight is 201 g/mol. The zero-order chi connectivity index (χ0) is 10.6. The Bertz CT molecular complexity index is 186. The van der Waals surface area contributed by atoms with Crippen LogP contribution in [-0.2, 0) is 6.54 Å². The van der Waals surface area contributed by atoms with Gasteiger partial charge in [0, 0.05) is 32.0 Å². The Morgan fingerprint density at radius 1 is 1.29 bits per heavy atom. The van der Waals surface area contributed by atoms with Gasteiger partial charge in [-0.15, -0.1) is 0 Å². The van der Waals surface area contributed by atoms with Crippen LogP contribution >= 0.6 is 0 Å². The summed E-state index contributed by atoms with van der Waals surface area (Å²) in [6.45, 7) is 4.52. The van der Waals surface area contributed by atoms with Crippen molar-refractivity contribution in [3.05, 3.63) is 18.7 Å². The van der Waals surface area contributed by atoms with Crippen LogP contribution in [0.5, 0.6) is 0 Å². The maximum atomic E-state index is 8.15. The summed E-state index contributed by atoms with van der Waals surface area (Å²) < 4.78 is 2.01. The molecule has 0 saturated carbocycles. The number of rotatable bonds is 5. The normalized spacial score (nSPS) is 9.36. The lowest BCUT2D eigenvalue weighted by Crippen LogP contribution is -2.21. The molecule has 0 unspecified atom stereocenters. The average Bonchev–Trinajstić information content (AvgIpc) is 2.72. The first kappa shape index (κ1) is 13.1. The zero-order valence-electron chi connectivity index (χ0n) is 8.56. The second-order valence-electron chi connectivity index (χ2n) is 2.59. The van der Waals surface area contributed by atoms with Crippen molar-refractivity contribution >= 4 is 0 Å². The molecule has 0 bridgehead atoms. The summed E-state index contributed by atoms with van der Waals surface area (Å²) in [7, 11) is 0. The van der Waals surface area contributed by atoms with Gasteiger partial charge in [-0.05, 0) is 6.92 Å². The molecule has 1 rings (SSSR count). The highest BCUT2D eigenvalue weighted by Crippen LogP contribution is 1.81. The fourth-order valence-corrected chi connectivity index (χ4v) is 0.757. The van der Waals surface area contributed by atoms with E-state index in [0.29, 0.717) is 13.1 Å². The second kappa shape index (κ2) is 10.2. The number of hydrogen-bond acceptors (Lipinski definition) is 4. The van der Waals surface area contributed by atoms with Gasteiger partial charge in [-0.3, -0.25) is 0 Å². The van der Waals surface area contributed by atoms with Gasteiger partial charge in [-0.2, -0.15) is 0 Å². The van der Waals surface area contributed by atoms with Crippen molar-refractivity contribution in [2.45, 2.75) is 13.5 Å². The fraction of sp³-hybridized carbons (Fsp3) is 0.667. The van der Waals surface area contributed by atoms with Crippen molar-refractivity contribution in [3.8, 4) is 0 Å². The van der Waals surface area contributed by atoms with Crippen LogP contribution in [0.4, 0.5) is 0 Å². The van der Waals surface area contributed by atoms with E-state index in [1.165, 1.54) is 0 Å². The number of aryl methyl sites for hydroxylation is 1. The van der Waals surface area contributed by atoms with E-state index in [9.17, 15) is 0 Å². The minimum absolute atomic E-state index is 0.139. The van der Waals surface area contributed by atoms with Crippen LogP contribution < -0.4 is 5.32 Å². The van der Waals surface area contributed by atoms with E-state index in [1.54, 1.807) is 12.5 Å². The first-order valence-corrected chi connectivity index (χ1v) is 4.73. The van der Waals surface area contributed by atoms with Crippen molar-refractivity contribution in [2.75, 3.05) is 26.3 Å². The lowest BCUT2D eigenvalue weighted by atomic mass is 10.6. The van der Waals surface area contributed by atoms with E-state index in [0.717, 1.165) is 6.54 Å². The van der Waals surface area contributed by atoms with E-state index < -0.39 is 0 Å². The molecule has 5 heteroatoms. The third-order valence-electron chi connectivity index (χ3n) is 1.50. The molecule has 0 saturated heterocycles. The molecule has 0 aliphatic carbocycles. The van der Waals surface area contributed by atoms with Gasteiger partial charge >= 0.3 is 0 Å². The molecule has 1 aromatic rings. The summed E-state index contributed by atoms with van der Waals surface area (Å²) in [5.74, 6) is 0. The van der Waals surface area contributed by atoms with Gasteiger partial charge in [0.05, 0.1) is 19.5 Å². The van der Waals surface area contributed by atoms with E-state index in [2.05, 4.69) is 17.2 Å². The number of aliphatic hydroxyl groups excluding tert-OH is 2. The number of aliphatic hydroxyl groups is 2. The Balaban J connectivity index is 0.000000241. The molecule has 1 heterocycles. The van der Waals surface area contributed by atoms with Crippen LogP contribution in [0.1, 0.15) is 6.92 Å². The molecule has 1 aromatic heterocycles. The first-order valence-electron chi connectivity index (χ1n) is 4.73. The monoisotopic (exact) mass is 201 g/mol. The molecule has 0 aliphatic rings. The molecular weight excluding hydrogens is 182 g/mol. The van der Waals surface area contributed by atoms with Gasteiger partial charge in [-0.1, -0.05) is 0 Å². The minimum Gasteiger partial charge on any atom is -0.395 e. The predicted molar refractivity (Wildman–Crippen MR) is 54.9 cm³/mol. The minimum atomic E-state index is 0.139. The predicted octanol–water partition coefficient (Wildman–Crippen LogP) is -0.536. The summed E-state index contributed by atoms with van der Waals surface area (Å²) in [6, 6.07) is 0. The highest BCUT2D eigenvalue weighted by molar-refractivity contribution is 4.72. The zero-order valence-corrected chi connectivity index (χ0v) is 8.56. The smallest absolute Gasteiger partial charge is 0.0945 e. The maximum absolute atomic E-state index is 8.15. The van der Waals surface area contributed by atoms with Crippen LogP contribution in [0.3, 0.4) is 0 Å². The molecule has 5 nitrogen and oxygen atoms in total. The molecule has 0 radical (unpaired) electrons. The SMILES string of the molecule is CCn1ccnc1.OCCNCCO. The molecule has 14 heavy (non-hydrogen) atoms. The van der Waals surface area contributed by atoms with Crippen molar-refractivity contribution in [1.29, 1.82) is 0 Å². The van der Waals surface area contributed by atoms with Crippen molar-refractivity contribution in [2.24, 2.45) is 0 Å². The molecule has 0 aliphatic heterocycles. The quantitative estimate of drug-likeness (QED) is 0.560. The van der Waals surface area contributed by atoms with Crippen LogP contribution in [0.2, 0.25) is 0 Å². The number of nitrogens with one attached hydrogen (secondary N) is 1. The number of nitrogens with zero attached hydrogens (tertiary/aromatic N) is 2. The van der Waals surface area contributed by atoms with E-state index in [-0.39, 0.29) is 13.2 Å². The van der Waals surface area contributed by atoms with Crippen LogP contribution in [0.25, 0.3) is 0 Å². The van der Waals surface area contributed by atoms with Gasteiger partial charge in [-0.25, -0.2) is 4.98 Å². The van der Waals surface area contributed by atoms with E-state index in [1.807, 2.05) is 10.8 Å². The Hall–Kier alpha value is -0.910. The Morgan fingerprint density at radius 2 is 1.93 bits per heavy atom. The van der Waals surface area contributed by atoms with Crippen molar-refractivity contribution < 1.29 is 10.2 Å². The van der Waals surface area contributed by atoms with Crippen molar-refractivity contribution in [1.82, 2.24) is 14.9 Å². The van der Waals surface area contributed by atoms with Gasteiger partial charge < -0.3 is 20.1 Å². The second-order valence-corrected chi connectivity index (χ2v) is 2.59. The highest BCUT2D eigenvalue weighted by atomic mass is 16.3. The van der Waals surface area contributed by atoms with Gasteiger partial charge in [0.1, 0.15) is 0 Å². The Morgan fingerprint density at radius 3 is 2.21 bits per heavy atom. The summed E-state index contributed by atoms with van der Waals surface area (Å²) in [5, 5.41) is 19.1. The molecule has 0 fully saturated rings. The third kappa shape index (κ3) is 7.72. The van der Waals surface area contributed by atoms with E-state index in [4.69, 9.17) is 10.2 Å². The largest absolute Gasteiger partial charge is 0.395 e. The molecule has 0 atom stereocenters. The van der Waals surface area contributed by atoms with E-state index >= 15 is 0 Å². The van der Waals surface area contributed by atoms with Crippen LogP contribution in [-0.4, -0.2) is 46.1 Å². The summed E-state index contributed by atoms with van der Waals surface area (Å²) in [4.78, 5) is 3.86. The molecule has 82 valence electrons. The standard InChI is InChI=1S/C5H8N2.C4H11NO2/c1-2-7-4-3-6-5-7;6-3-1-5-2-4-7/h3-5H,2H2,1H3;5-7H,1-4H2. The topological polar surface area (TPSA) is 70.3 Å². The highest BCUT2D eigenvalue weighted by Gasteiger charge is 1.78. The molecular formula is C9H19N3O2. The fourth-order valence-electron chi connectivity index (χ4n) is 0.757. The third-order valence-corrected chi connectivity index (χ3v) is 1.50. The van der Waals surface area contributed by atoms with Gasteiger partial charge in [0.2, 0.25) is 0 Å². The number of aromatic nitrogens is 2. The summed E-state index contributed by atoms with van der Waals surface area (Å²) in [6.07, 6.45) is 5.53. The maximum Gasteiger partial charge on any atom is 0.0945 e. The Labute approximate surface area is 84.4 Å². The molecule has 0 amide bonds. The van der Waals surface area contributed by atoms with Crippen LogP contribution in [0.15, 0.2) is 18.7 Å². The van der Waals surface area contributed by atoms with Gasteiger partial charge in [0.15, 0.2) is 0 Å². The van der Waals surface area contributed by atoms with Gasteiger partial charge in [0.25, 0.3) is 0 Å². The van der Waals surface area contributed by atoms with Crippen molar-refractivity contribution in [3.63, 3.8) is 0 Å². The summed E-state index contributed by atoms with van der Waals surface area (Å²) in [5.41, 5.74) is 0. The molecule has 0 aromatic carbocycles. The number of hydrogen-bond donors (Lipinski definition) is 3. The lowest BCUT2D eigenvalue weighted by molar-refractivity contribution is 0.267. The first-order chi connectivity index (χ1) is 6.85. The Kier molecular flexibility index (Phi) is 9.51. The molecule has 0 spiro atoms.